The van der Waals surface area contributed by atoms with Gasteiger partial charge in [-0.3, -0.25) is 4.72 Å². The molecule has 6 nitrogen and oxygen atoms in total. The summed E-state index contributed by atoms with van der Waals surface area (Å²) in [5, 5.41) is 14.0. The van der Waals surface area contributed by atoms with Gasteiger partial charge in [-0.1, -0.05) is 6.07 Å². The molecule has 3 N–H and O–H groups in total. The van der Waals surface area contributed by atoms with Gasteiger partial charge in [0, 0.05) is 0 Å². The first-order chi connectivity index (χ1) is 9.48. The topological polar surface area (TPSA) is 105 Å². The monoisotopic (exact) mass is 315 g/mol. The van der Waals surface area contributed by atoms with Gasteiger partial charge in [-0.25, -0.2) is 5.14 Å². The SMILES string of the molecule is CSCCCCOc1cccc(NS(N)(=O)=O)c1C#N. The molecule has 0 aromatic heterocycles. The minimum absolute atomic E-state index is 0.122. The number of nitriles is 1. The van der Waals surface area contributed by atoms with Gasteiger partial charge in [0.25, 0.3) is 10.2 Å². The quantitative estimate of drug-likeness (QED) is 0.710. The zero-order valence-corrected chi connectivity index (χ0v) is 12.8. The van der Waals surface area contributed by atoms with Crippen LogP contribution in [0.4, 0.5) is 5.69 Å². The van der Waals surface area contributed by atoms with Crippen molar-refractivity contribution in [3.8, 4) is 11.8 Å². The molecule has 20 heavy (non-hydrogen) atoms. The molecule has 1 aromatic carbocycles. The van der Waals surface area contributed by atoms with Crippen molar-refractivity contribution >= 4 is 27.7 Å². The minimum Gasteiger partial charge on any atom is -0.492 e. The van der Waals surface area contributed by atoms with Crippen LogP contribution in [0.15, 0.2) is 18.2 Å². The summed E-state index contributed by atoms with van der Waals surface area (Å²) >= 11 is 1.77. The summed E-state index contributed by atoms with van der Waals surface area (Å²) in [6.45, 7) is 0.480. The molecular formula is C12H17N3O3S2. The van der Waals surface area contributed by atoms with Crippen molar-refractivity contribution in [2.45, 2.75) is 12.8 Å². The summed E-state index contributed by atoms with van der Waals surface area (Å²) in [5.74, 6) is 1.41. The molecule has 0 radical (unpaired) electrons. The van der Waals surface area contributed by atoms with Gasteiger partial charge in [0.2, 0.25) is 0 Å². The number of ether oxygens (including phenoxy) is 1. The molecule has 0 aliphatic carbocycles. The predicted molar refractivity (Wildman–Crippen MR) is 81.0 cm³/mol. The zero-order valence-electron chi connectivity index (χ0n) is 11.1. The predicted octanol–water partition coefficient (Wildman–Crippen LogP) is 1.70. The molecule has 0 aliphatic rings. The number of anilines is 1. The molecule has 0 fully saturated rings. The molecule has 0 spiro atoms. The molecule has 110 valence electrons. The molecule has 0 heterocycles. The Bertz CT molecular complexity index is 582. The second kappa shape index (κ2) is 7.99. The maximum atomic E-state index is 11.0. The molecule has 0 saturated heterocycles. The first-order valence-corrected chi connectivity index (χ1v) is 8.87. The van der Waals surface area contributed by atoms with Crippen LogP contribution in [0.3, 0.4) is 0 Å². The molecule has 1 aromatic rings. The van der Waals surface area contributed by atoms with Crippen LogP contribution in [0.25, 0.3) is 0 Å². The number of nitrogens with one attached hydrogen (secondary N) is 1. The second-order valence-corrected chi connectivity index (χ2v) is 6.27. The highest BCUT2D eigenvalue weighted by atomic mass is 32.2. The summed E-state index contributed by atoms with van der Waals surface area (Å²) in [6.07, 6.45) is 3.94. The highest BCUT2D eigenvalue weighted by molar-refractivity contribution is 7.98. The third-order valence-electron chi connectivity index (χ3n) is 2.39. The van der Waals surface area contributed by atoms with Crippen LogP contribution in [0, 0.1) is 11.3 Å². The maximum Gasteiger partial charge on any atom is 0.296 e. The lowest BCUT2D eigenvalue weighted by Crippen LogP contribution is -2.22. The maximum absolute atomic E-state index is 11.0. The number of unbranched alkanes of at least 4 members (excludes halogenated alkanes) is 1. The number of nitrogens with zero attached hydrogens (tertiary/aromatic N) is 1. The lowest BCUT2D eigenvalue weighted by atomic mass is 10.2. The average Bonchev–Trinajstić information content (AvgIpc) is 2.37. The van der Waals surface area contributed by atoms with Gasteiger partial charge in [-0.15, -0.1) is 0 Å². The molecule has 8 heteroatoms. The van der Waals surface area contributed by atoms with E-state index in [4.69, 9.17) is 15.1 Å². The van der Waals surface area contributed by atoms with Crippen LogP contribution >= 0.6 is 11.8 Å². The molecular weight excluding hydrogens is 298 g/mol. The van der Waals surface area contributed by atoms with E-state index >= 15 is 0 Å². The third-order valence-corrected chi connectivity index (χ3v) is 3.59. The van der Waals surface area contributed by atoms with E-state index in [9.17, 15) is 8.42 Å². The number of hydrogen-bond donors (Lipinski definition) is 2. The number of nitrogens with two attached hydrogens (primary N) is 1. The third kappa shape index (κ3) is 5.69. The van der Waals surface area contributed by atoms with Crippen molar-refractivity contribution < 1.29 is 13.2 Å². The second-order valence-electron chi connectivity index (χ2n) is 3.99. The van der Waals surface area contributed by atoms with Gasteiger partial charge >= 0.3 is 0 Å². The fourth-order valence-corrected chi connectivity index (χ4v) is 2.51. The first-order valence-electron chi connectivity index (χ1n) is 5.93. The summed E-state index contributed by atoms with van der Waals surface area (Å²) < 4.78 is 29.7. The Balaban J connectivity index is 2.77. The Kier molecular flexibility index (Phi) is 6.64. The molecule has 0 amide bonds. The molecule has 1 rings (SSSR count). The smallest absolute Gasteiger partial charge is 0.296 e. The fourth-order valence-electron chi connectivity index (χ4n) is 1.54. The van der Waals surface area contributed by atoms with Gasteiger partial charge in [0.15, 0.2) is 0 Å². The number of rotatable bonds is 8. The molecule has 0 aliphatic heterocycles. The van der Waals surface area contributed by atoms with Crippen LogP contribution in [0.1, 0.15) is 18.4 Å². The molecule has 0 bridgehead atoms. The van der Waals surface area contributed by atoms with Gasteiger partial charge in [0.1, 0.15) is 17.4 Å². The minimum atomic E-state index is -3.92. The lowest BCUT2D eigenvalue weighted by Gasteiger charge is -2.11. The van der Waals surface area contributed by atoms with Gasteiger partial charge in [-0.05, 0) is 37.0 Å². The van der Waals surface area contributed by atoms with Crippen molar-refractivity contribution in [3.63, 3.8) is 0 Å². The van der Waals surface area contributed by atoms with Gasteiger partial charge < -0.3 is 4.74 Å². The number of thioether (sulfide) groups is 1. The van der Waals surface area contributed by atoms with Crippen LogP contribution in [0.5, 0.6) is 5.75 Å². The van der Waals surface area contributed by atoms with E-state index in [0.29, 0.717) is 12.4 Å². The van der Waals surface area contributed by atoms with Crippen molar-refractivity contribution in [1.29, 1.82) is 5.26 Å². The van der Waals surface area contributed by atoms with Crippen LogP contribution in [0.2, 0.25) is 0 Å². The summed E-state index contributed by atoms with van der Waals surface area (Å²) in [6, 6.07) is 6.62. The Hall–Kier alpha value is -1.43. The van der Waals surface area contributed by atoms with Gasteiger partial charge in [0.05, 0.1) is 12.3 Å². The van der Waals surface area contributed by atoms with E-state index in [1.165, 1.54) is 6.07 Å². The Morgan fingerprint density at radius 1 is 1.45 bits per heavy atom. The van der Waals surface area contributed by atoms with Crippen molar-refractivity contribution in [2.75, 3.05) is 23.3 Å². The van der Waals surface area contributed by atoms with Crippen molar-refractivity contribution in [1.82, 2.24) is 0 Å². The highest BCUT2D eigenvalue weighted by Gasteiger charge is 2.12. The summed E-state index contributed by atoms with van der Waals surface area (Å²) in [5.41, 5.74) is 0.253. The summed E-state index contributed by atoms with van der Waals surface area (Å²) in [7, 11) is -3.92. The van der Waals surface area contributed by atoms with Crippen LogP contribution in [-0.4, -0.2) is 27.0 Å². The van der Waals surface area contributed by atoms with Crippen LogP contribution in [-0.2, 0) is 10.2 Å². The van der Waals surface area contributed by atoms with E-state index in [-0.39, 0.29) is 11.3 Å². The van der Waals surface area contributed by atoms with E-state index in [1.807, 2.05) is 12.3 Å². The van der Waals surface area contributed by atoms with E-state index < -0.39 is 10.2 Å². The Labute approximate surface area is 123 Å². The normalized spacial score (nSPS) is 10.8. The van der Waals surface area contributed by atoms with Crippen LogP contribution < -0.4 is 14.6 Å². The van der Waals surface area contributed by atoms with Crippen molar-refractivity contribution in [2.24, 2.45) is 5.14 Å². The fraction of sp³-hybridized carbons (Fsp3) is 0.417. The first kappa shape index (κ1) is 16.6. The number of hydrogen-bond acceptors (Lipinski definition) is 5. The zero-order chi connectivity index (χ0) is 15.0. The summed E-state index contributed by atoms with van der Waals surface area (Å²) in [4.78, 5) is 0. The number of benzene rings is 1. The van der Waals surface area contributed by atoms with E-state index in [1.54, 1.807) is 23.9 Å². The largest absolute Gasteiger partial charge is 0.492 e. The molecule has 0 saturated carbocycles. The average molecular weight is 315 g/mol. The Morgan fingerprint density at radius 2 is 2.20 bits per heavy atom. The molecule has 0 unspecified atom stereocenters. The Morgan fingerprint density at radius 3 is 2.80 bits per heavy atom. The van der Waals surface area contributed by atoms with Gasteiger partial charge in [-0.2, -0.15) is 25.4 Å². The highest BCUT2D eigenvalue weighted by Crippen LogP contribution is 2.26. The van der Waals surface area contributed by atoms with E-state index in [2.05, 4.69) is 4.72 Å². The van der Waals surface area contributed by atoms with Crippen molar-refractivity contribution in [3.05, 3.63) is 23.8 Å². The van der Waals surface area contributed by atoms with E-state index in [0.717, 1.165) is 18.6 Å². The molecule has 0 atom stereocenters. The lowest BCUT2D eigenvalue weighted by molar-refractivity contribution is 0.309. The standard InChI is InChI=1S/C12H17N3O3S2/c1-19-8-3-2-7-18-12-6-4-5-11(10(12)9-13)15-20(14,16)17/h4-6,15H,2-3,7-8H2,1H3,(H2,14,16,17).